The number of carbonyl (C=O) groups excluding carboxylic acids is 1. The van der Waals surface area contributed by atoms with E-state index in [9.17, 15) is 4.79 Å². The van der Waals surface area contributed by atoms with Crippen molar-refractivity contribution in [2.24, 2.45) is 0 Å². The van der Waals surface area contributed by atoms with Crippen LogP contribution in [0.3, 0.4) is 0 Å². The second-order valence-corrected chi connectivity index (χ2v) is 5.05. The van der Waals surface area contributed by atoms with Crippen molar-refractivity contribution in [3.63, 3.8) is 0 Å². The van der Waals surface area contributed by atoms with Crippen molar-refractivity contribution >= 4 is 5.91 Å². The first-order valence-corrected chi connectivity index (χ1v) is 6.47. The number of hydrogen-bond acceptors (Lipinski definition) is 1. The maximum Gasteiger partial charge on any atom is 0.219 e. The predicted octanol–water partition coefficient (Wildman–Crippen LogP) is 3.19. The van der Waals surface area contributed by atoms with Gasteiger partial charge in [0.25, 0.3) is 0 Å². The molecule has 17 heavy (non-hydrogen) atoms. The predicted molar refractivity (Wildman–Crippen MR) is 69.9 cm³/mol. The van der Waals surface area contributed by atoms with Crippen LogP contribution in [0.1, 0.15) is 44.1 Å². The summed E-state index contributed by atoms with van der Waals surface area (Å²) in [4.78, 5) is 13.2. The molecule has 0 aromatic heterocycles. The molecule has 0 N–H and O–H groups in total. The topological polar surface area (TPSA) is 20.3 Å². The Morgan fingerprint density at radius 3 is 2.24 bits per heavy atom. The molecule has 1 aromatic rings. The minimum atomic E-state index is 0.188. The largest absolute Gasteiger partial charge is 0.343 e. The van der Waals surface area contributed by atoms with Crippen molar-refractivity contribution in [3.05, 3.63) is 35.9 Å². The van der Waals surface area contributed by atoms with Gasteiger partial charge in [-0.1, -0.05) is 30.3 Å². The van der Waals surface area contributed by atoms with Gasteiger partial charge in [-0.2, -0.15) is 0 Å². The zero-order chi connectivity index (χ0) is 12.3. The minimum absolute atomic E-state index is 0.188. The third-order valence-corrected chi connectivity index (χ3v) is 4.01. The molecule has 1 aromatic carbocycles. The van der Waals surface area contributed by atoms with Gasteiger partial charge in [0.1, 0.15) is 0 Å². The quantitative estimate of drug-likeness (QED) is 0.765. The Morgan fingerprint density at radius 1 is 1.12 bits per heavy atom. The van der Waals surface area contributed by atoms with Crippen LogP contribution in [-0.2, 0) is 4.79 Å². The minimum Gasteiger partial charge on any atom is -0.343 e. The molecule has 92 valence electrons. The lowest BCUT2D eigenvalue weighted by Gasteiger charge is -2.34. The molecule has 0 heterocycles. The number of amides is 1. The fourth-order valence-electron chi connectivity index (χ4n) is 2.78. The summed E-state index contributed by atoms with van der Waals surface area (Å²) in [5.74, 6) is 0.876. The summed E-state index contributed by atoms with van der Waals surface area (Å²) in [5.41, 5.74) is 1.46. The van der Waals surface area contributed by atoms with E-state index in [1.54, 1.807) is 6.92 Å². The lowest BCUT2D eigenvalue weighted by Crippen LogP contribution is -2.37. The van der Waals surface area contributed by atoms with Crippen LogP contribution in [0.5, 0.6) is 0 Å². The van der Waals surface area contributed by atoms with Crippen molar-refractivity contribution in [1.82, 2.24) is 4.90 Å². The highest BCUT2D eigenvalue weighted by atomic mass is 16.2. The molecule has 0 bridgehead atoms. The first-order chi connectivity index (χ1) is 8.18. The Bertz CT molecular complexity index is 366. The summed E-state index contributed by atoms with van der Waals surface area (Å²) < 4.78 is 0. The smallest absolute Gasteiger partial charge is 0.219 e. The number of carbonyl (C=O) groups is 1. The van der Waals surface area contributed by atoms with E-state index in [1.807, 2.05) is 11.9 Å². The molecule has 1 fully saturated rings. The maximum atomic E-state index is 11.3. The molecule has 0 aliphatic heterocycles. The van der Waals surface area contributed by atoms with Crippen molar-refractivity contribution < 1.29 is 4.79 Å². The van der Waals surface area contributed by atoms with Gasteiger partial charge in [-0.15, -0.1) is 0 Å². The molecule has 1 saturated carbocycles. The Hall–Kier alpha value is -1.31. The highest BCUT2D eigenvalue weighted by Gasteiger charge is 2.25. The molecule has 0 radical (unpaired) electrons. The first-order valence-electron chi connectivity index (χ1n) is 6.47. The van der Waals surface area contributed by atoms with Gasteiger partial charge in [0.05, 0.1) is 0 Å². The highest BCUT2D eigenvalue weighted by Crippen LogP contribution is 2.34. The second kappa shape index (κ2) is 5.35. The Kier molecular flexibility index (Phi) is 3.82. The average molecular weight is 231 g/mol. The molecule has 1 aliphatic rings. The summed E-state index contributed by atoms with van der Waals surface area (Å²) in [6.45, 7) is 1.66. The van der Waals surface area contributed by atoms with Gasteiger partial charge < -0.3 is 4.90 Å². The summed E-state index contributed by atoms with van der Waals surface area (Å²) in [6.07, 6.45) is 4.67. The van der Waals surface area contributed by atoms with E-state index in [4.69, 9.17) is 0 Å². The van der Waals surface area contributed by atoms with Gasteiger partial charge in [0.15, 0.2) is 0 Å². The summed E-state index contributed by atoms with van der Waals surface area (Å²) >= 11 is 0. The molecule has 0 unspecified atom stereocenters. The van der Waals surface area contributed by atoms with Crippen LogP contribution in [0, 0.1) is 0 Å². The van der Waals surface area contributed by atoms with Crippen LogP contribution in [-0.4, -0.2) is 23.9 Å². The lowest BCUT2D eigenvalue weighted by atomic mass is 9.81. The van der Waals surface area contributed by atoms with Crippen LogP contribution >= 0.6 is 0 Å². The van der Waals surface area contributed by atoms with Gasteiger partial charge >= 0.3 is 0 Å². The normalized spacial score (nSPS) is 24.4. The molecule has 1 aliphatic carbocycles. The van der Waals surface area contributed by atoms with Crippen molar-refractivity contribution in [1.29, 1.82) is 0 Å². The summed E-state index contributed by atoms with van der Waals surface area (Å²) in [6, 6.07) is 11.2. The SMILES string of the molecule is CC(=O)N(C)C1CCC(c2ccccc2)CC1. The molecule has 2 nitrogen and oxygen atoms in total. The van der Waals surface area contributed by atoms with Gasteiger partial charge in [-0.05, 0) is 37.2 Å². The molecular formula is C15H21NO. The Balaban J connectivity index is 1.93. The lowest BCUT2D eigenvalue weighted by molar-refractivity contribution is -0.130. The fourth-order valence-corrected chi connectivity index (χ4v) is 2.78. The van der Waals surface area contributed by atoms with E-state index in [0.29, 0.717) is 12.0 Å². The number of benzene rings is 1. The van der Waals surface area contributed by atoms with Gasteiger partial charge in [0.2, 0.25) is 5.91 Å². The van der Waals surface area contributed by atoms with Crippen molar-refractivity contribution in [2.75, 3.05) is 7.05 Å². The molecule has 0 saturated heterocycles. The second-order valence-electron chi connectivity index (χ2n) is 5.05. The number of rotatable bonds is 2. The van der Waals surface area contributed by atoms with Gasteiger partial charge in [0, 0.05) is 20.0 Å². The van der Waals surface area contributed by atoms with Crippen LogP contribution in [0.15, 0.2) is 30.3 Å². The molecule has 2 heteroatoms. The Labute approximate surface area is 104 Å². The van der Waals surface area contributed by atoms with Gasteiger partial charge in [-0.3, -0.25) is 4.79 Å². The van der Waals surface area contributed by atoms with E-state index < -0.39 is 0 Å². The van der Waals surface area contributed by atoms with Crippen LogP contribution in [0.4, 0.5) is 0 Å². The third kappa shape index (κ3) is 2.87. The van der Waals surface area contributed by atoms with E-state index in [2.05, 4.69) is 30.3 Å². The highest BCUT2D eigenvalue weighted by molar-refractivity contribution is 5.73. The molecule has 1 amide bonds. The zero-order valence-electron chi connectivity index (χ0n) is 10.7. The monoisotopic (exact) mass is 231 g/mol. The molecule has 0 atom stereocenters. The van der Waals surface area contributed by atoms with E-state index >= 15 is 0 Å². The molecule has 2 rings (SSSR count). The third-order valence-electron chi connectivity index (χ3n) is 4.01. The van der Waals surface area contributed by atoms with E-state index in [-0.39, 0.29) is 5.91 Å². The summed E-state index contributed by atoms with van der Waals surface area (Å²) in [5, 5.41) is 0. The molecular weight excluding hydrogens is 210 g/mol. The first kappa shape index (κ1) is 12.2. The number of hydrogen-bond donors (Lipinski definition) is 0. The number of nitrogens with zero attached hydrogens (tertiary/aromatic N) is 1. The standard InChI is InChI=1S/C15H21NO/c1-12(17)16(2)15-10-8-14(9-11-15)13-6-4-3-5-7-13/h3-7,14-15H,8-11H2,1-2H3. The van der Waals surface area contributed by atoms with Crippen molar-refractivity contribution in [3.8, 4) is 0 Å². The van der Waals surface area contributed by atoms with Gasteiger partial charge in [-0.25, -0.2) is 0 Å². The maximum absolute atomic E-state index is 11.3. The van der Waals surface area contributed by atoms with Crippen LogP contribution in [0.2, 0.25) is 0 Å². The van der Waals surface area contributed by atoms with Crippen LogP contribution < -0.4 is 0 Å². The average Bonchev–Trinajstić information content (AvgIpc) is 2.39. The molecule has 0 spiro atoms. The van der Waals surface area contributed by atoms with E-state index in [1.165, 1.54) is 18.4 Å². The van der Waals surface area contributed by atoms with E-state index in [0.717, 1.165) is 12.8 Å². The zero-order valence-corrected chi connectivity index (χ0v) is 10.7. The fraction of sp³-hybridized carbons (Fsp3) is 0.533. The Morgan fingerprint density at radius 2 is 1.71 bits per heavy atom. The van der Waals surface area contributed by atoms with Crippen molar-refractivity contribution in [2.45, 2.75) is 44.6 Å². The van der Waals surface area contributed by atoms with Crippen LogP contribution in [0.25, 0.3) is 0 Å². The summed E-state index contributed by atoms with van der Waals surface area (Å²) in [7, 11) is 1.93.